The van der Waals surface area contributed by atoms with Crippen LogP contribution in [0.25, 0.3) is 0 Å². The third kappa shape index (κ3) is 3.51. The molecule has 1 aromatic rings. The first kappa shape index (κ1) is 13.6. The molecule has 0 aliphatic heterocycles. The van der Waals surface area contributed by atoms with Gasteiger partial charge in [-0.1, -0.05) is 11.6 Å². The van der Waals surface area contributed by atoms with Crippen LogP contribution in [0.5, 0.6) is 5.75 Å². The monoisotopic (exact) mass is 258 g/mol. The topological polar surface area (TPSA) is 84.6 Å². The van der Waals surface area contributed by atoms with Gasteiger partial charge in [-0.3, -0.25) is 4.79 Å². The van der Waals surface area contributed by atoms with Crippen LogP contribution < -0.4 is 15.8 Å². The summed E-state index contributed by atoms with van der Waals surface area (Å²) in [6.45, 7) is 2.01. The minimum absolute atomic E-state index is 0.138. The van der Waals surface area contributed by atoms with E-state index in [1.807, 2.05) is 6.92 Å². The number of rotatable bonds is 5. The van der Waals surface area contributed by atoms with Gasteiger partial charge in [0.25, 0.3) is 0 Å². The number of hydrogen-bond donors (Lipinski definition) is 3. The van der Waals surface area contributed by atoms with Crippen LogP contribution in [0.1, 0.15) is 5.56 Å². The number of carboxylic acids is 1. The molecular weight excluding hydrogens is 244 g/mol. The van der Waals surface area contributed by atoms with Crippen molar-refractivity contribution in [3.63, 3.8) is 0 Å². The molecule has 1 rings (SSSR count). The average molecular weight is 259 g/mol. The number of aryl methyl sites for hydroxylation is 1. The molecule has 0 aromatic heterocycles. The maximum Gasteiger partial charge on any atom is 0.322 e. The second-order valence-corrected chi connectivity index (χ2v) is 4.03. The van der Waals surface area contributed by atoms with Gasteiger partial charge in [-0.2, -0.15) is 0 Å². The molecule has 0 saturated heterocycles. The summed E-state index contributed by atoms with van der Waals surface area (Å²) in [7, 11) is 1.54. The van der Waals surface area contributed by atoms with Gasteiger partial charge >= 0.3 is 5.97 Å². The van der Waals surface area contributed by atoms with Gasteiger partial charge in [-0.25, -0.2) is 0 Å². The lowest BCUT2D eigenvalue weighted by Gasteiger charge is -2.14. The first-order valence-corrected chi connectivity index (χ1v) is 5.40. The fourth-order valence-electron chi connectivity index (χ4n) is 1.31. The number of nitrogens with one attached hydrogen (secondary N) is 1. The molecule has 17 heavy (non-hydrogen) atoms. The SMILES string of the molecule is COc1cc(C)c(NCC(N)C(=O)O)cc1Cl. The predicted molar refractivity (Wildman–Crippen MR) is 66.8 cm³/mol. The van der Waals surface area contributed by atoms with E-state index < -0.39 is 12.0 Å². The van der Waals surface area contributed by atoms with Crippen LogP contribution in [-0.2, 0) is 4.79 Å². The number of anilines is 1. The number of halogens is 1. The molecule has 1 unspecified atom stereocenters. The van der Waals surface area contributed by atoms with E-state index in [1.165, 1.54) is 7.11 Å². The van der Waals surface area contributed by atoms with Crippen molar-refractivity contribution in [2.75, 3.05) is 19.0 Å². The number of ether oxygens (including phenoxy) is 1. The predicted octanol–water partition coefficient (Wildman–Crippen LogP) is 1.48. The van der Waals surface area contributed by atoms with E-state index in [4.69, 9.17) is 27.2 Å². The van der Waals surface area contributed by atoms with Crippen LogP contribution in [0.3, 0.4) is 0 Å². The Kier molecular flexibility index (Phi) is 4.60. The molecule has 0 heterocycles. The summed E-state index contributed by atoms with van der Waals surface area (Å²) in [5.41, 5.74) is 7.04. The van der Waals surface area contributed by atoms with Crippen molar-refractivity contribution in [3.05, 3.63) is 22.7 Å². The van der Waals surface area contributed by atoms with Crippen molar-refractivity contribution in [2.45, 2.75) is 13.0 Å². The Morgan fingerprint density at radius 2 is 2.29 bits per heavy atom. The van der Waals surface area contributed by atoms with Gasteiger partial charge in [0.15, 0.2) is 0 Å². The largest absolute Gasteiger partial charge is 0.495 e. The molecule has 0 fully saturated rings. The third-order valence-corrected chi connectivity index (χ3v) is 2.62. The molecule has 1 atom stereocenters. The molecule has 0 amide bonds. The third-order valence-electron chi connectivity index (χ3n) is 2.33. The number of benzene rings is 1. The first-order valence-electron chi connectivity index (χ1n) is 5.02. The highest BCUT2D eigenvalue weighted by molar-refractivity contribution is 6.32. The highest BCUT2D eigenvalue weighted by Gasteiger charge is 2.12. The smallest absolute Gasteiger partial charge is 0.322 e. The van der Waals surface area contributed by atoms with Crippen LogP contribution in [0, 0.1) is 6.92 Å². The standard InChI is InChI=1S/C11H15ClN2O3/c1-6-3-10(17-2)7(12)4-9(6)14-5-8(13)11(15)16/h3-4,8,14H,5,13H2,1-2H3,(H,15,16). The van der Waals surface area contributed by atoms with Crippen molar-refractivity contribution in [2.24, 2.45) is 5.73 Å². The summed E-state index contributed by atoms with van der Waals surface area (Å²) in [5, 5.41) is 12.1. The van der Waals surface area contributed by atoms with Crippen LogP contribution in [0.2, 0.25) is 5.02 Å². The molecule has 0 saturated carbocycles. The summed E-state index contributed by atoms with van der Waals surface area (Å²) in [6, 6.07) is 2.51. The number of methoxy groups -OCH3 is 1. The van der Waals surface area contributed by atoms with Crippen molar-refractivity contribution in [1.82, 2.24) is 0 Å². The zero-order valence-corrected chi connectivity index (χ0v) is 10.4. The van der Waals surface area contributed by atoms with E-state index in [2.05, 4.69) is 5.32 Å². The second kappa shape index (κ2) is 5.75. The van der Waals surface area contributed by atoms with Crippen LogP contribution in [0.4, 0.5) is 5.69 Å². The Balaban J connectivity index is 2.78. The lowest BCUT2D eigenvalue weighted by atomic mass is 10.2. The molecule has 0 bridgehead atoms. The molecule has 6 heteroatoms. The summed E-state index contributed by atoms with van der Waals surface area (Å²) in [6.07, 6.45) is 0. The zero-order chi connectivity index (χ0) is 13.0. The van der Waals surface area contributed by atoms with E-state index in [1.54, 1.807) is 12.1 Å². The minimum atomic E-state index is -1.05. The van der Waals surface area contributed by atoms with E-state index in [9.17, 15) is 4.79 Å². The van der Waals surface area contributed by atoms with Gasteiger partial charge in [0.2, 0.25) is 0 Å². The molecule has 94 valence electrons. The van der Waals surface area contributed by atoms with Gasteiger partial charge in [0.1, 0.15) is 11.8 Å². The van der Waals surface area contributed by atoms with Crippen LogP contribution >= 0.6 is 11.6 Å². The van der Waals surface area contributed by atoms with Gasteiger partial charge in [0, 0.05) is 12.2 Å². The number of nitrogens with two attached hydrogens (primary N) is 1. The number of hydrogen-bond acceptors (Lipinski definition) is 4. The van der Waals surface area contributed by atoms with Crippen molar-refractivity contribution < 1.29 is 14.6 Å². The van der Waals surface area contributed by atoms with Gasteiger partial charge in [0.05, 0.1) is 12.1 Å². The Morgan fingerprint density at radius 3 is 2.82 bits per heavy atom. The molecular formula is C11H15ClN2O3. The van der Waals surface area contributed by atoms with E-state index in [0.29, 0.717) is 10.8 Å². The average Bonchev–Trinajstić information content (AvgIpc) is 2.29. The molecule has 0 radical (unpaired) electrons. The van der Waals surface area contributed by atoms with E-state index >= 15 is 0 Å². The zero-order valence-electron chi connectivity index (χ0n) is 9.66. The van der Waals surface area contributed by atoms with Gasteiger partial charge in [-0.05, 0) is 24.6 Å². The quantitative estimate of drug-likeness (QED) is 0.745. The summed E-state index contributed by atoms with van der Waals surface area (Å²) in [4.78, 5) is 10.6. The summed E-state index contributed by atoms with van der Waals surface area (Å²) >= 11 is 5.97. The van der Waals surface area contributed by atoms with Gasteiger partial charge < -0.3 is 20.9 Å². The Morgan fingerprint density at radius 1 is 1.65 bits per heavy atom. The number of carboxylic acid groups (broad SMARTS) is 1. The van der Waals surface area contributed by atoms with E-state index in [0.717, 1.165) is 11.3 Å². The maximum atomic E-state index is 10.6. The highest BCUT2D eigenvalue weighted by Crippen LogP contribution is 2.30. The second-order valence-electron chi connectivity index (χ2n) is 3.63. The normalized spacial score (nSPS) is 12.0. The number of aliphatic carboxylic acids is 1. The maximum absolute atomic E-state index is 10.6. The molecule has 4 N–H and O–H groups in total. The fraction of sp³-hybridized carbons (Fsp3) is 0.364. The minimum Gasteiger partial charge on any atom is -0.495 e. The summed E-state index contributed by atoms with van der Waals surface area (Å²) < 4.78 is 5.07. The van der Waals surface area contributed by atoms with Crippen molar-refractivity contribution in [1.29, 1.82) is 0 Å². The Bertz CT molecular complexity index is 423. The van der Waals surface area contributed by atoms with Crippen molar-refractivity contribution >= 4 is 23.3 Å². The first-order chi connectivity index (χ1) is 7.95. The van der Waals surface area contributed by atoms with E-state index in [-0.39, 0.29) is 6.54 Å². The Labute approximate surface area is 105 Å². The summed E-state index contributed by atoms with van der Waals surface area (Å²) in [5.74, 6) is -0.466. The van der Waals surface area contributed by atoms with Crippen LogP contribution in [0.15, 0.2) is 12.1 Å². The number of carbonyl (C=O) groups is 1. The fourth-order valence-corrected chi connectivity index (χ4v) is 1.55. The van der Waals surface area contributed by atoms with Gasteiger partial charge in [-0.15, -0.1) is 0 Å². The lowest BCUT2D eigenvalue weighted by molar-refractivity contribution is -0.138. The Hall–Kier alpha value is -1.46. The molecule has 0 aliphatic carbocycles. The lowest BCUT2D eigenvalue weighted by Crippen LogP contribution is -2.37. The van der Waals surface area contributed by atoms with Crippen molar-refractivity contribution in [3.8, 4) is 5.75 Å². The highest BCUT2D eigenvalue weighted by atomic mass is 35.5. The molecule has 5 nitrogen and oxygen atoms in total. The molecule has 0 aliphatic rings. The van der Waals surface area contributed by atoms with Crippen LogP contribution in [-0.4, -0.2) is 30.8 Å². The molecule has 1 aromatic carbocycles. The molecule has 0 spiro atoms.